The molecule has 0 spiro atoms. The first-order valence-electron chi connectivity index (χ1n) is 9.89. The molecule has 1 aromatic carbocycles. The molecule has 0 saturated heterocycles. The number of thioether (sulfide) groups is 1. The Hall–Kier alpha value is -2.31. The Morgan fingerprint density at radius 3 is 2.52 bits per heavy atom. The van der Waals surface area contributed by atoms with E-state index >= 15 is 0 Å². The van der Waals surface area contributed by atoms with Gasteiger partial charge in [0.15, 0.2) is 5.82 Å². The largest absolute Gasteiger partial charge is 0.358 e. The molecule has 3 rings (SSSR count). The van der Waals surface area contributed by atoms with Crippen molar-refractivity contribution in [2.75, 3.05) is 26.9 Å². The second-order valence-corrected chi connectivity index (χ2v) is 8.24. The predicted octanol–water partition coefficient (Wildman–Crippen LogP) is 5.75. The minimum absolute atomic E-state index is 0.198. The second-order valence-electron chi connectivity index (χ2n) is 7.22. The number of nitrogens with zero attached hydrogens (tertiary/aromatic N) is 3. The van der Waals surface area contributed by atoms with Crippen LogP contribution in [0.15, 0.2) is 41.9 Å². The topological polar surface area (TPSA) is 60.1 Å². The third kappa shape index (κ3) is 6.08. The number of hydrogen-bond acceptors (Lipinski definition) is 4. The first-order chi connectivity index (χ1) is 13.9. The first-order valence-corrected chi connectivity index (χ1v) is 11.2. The molecule has 156 valence electrons. The third-order valence-electron chi connectivity index (χ3n) is 4.51. The molecule has 0 amide bonds. The summed E-state index contributed by atoms with van der Waals surface area (Å²) >= 11 is 1.69. The van der Waals surface area contributed by atoms with E-state index in [2.05, 4.69) is 71.5 Å². The van der Waals surface area contributed by atoms with Crippen molar-refractivity contribution in [3.05, 3.63) is 48.3 Å². The van der Waals surface area contributed by atoms with Crippen LogP contribution in [0.3, 0.4) is 0 Å². The van der Waals surface area contributed by atoms with Crippen LogP contribution in [0.25, 0.3) is 22.3 Å². The summed E-state index contributed by atoms with van der Waals surface area (Å²) in [6.45, 7) is 11.3. The van der Waals surface area contributed by atoms with Crippen molar-refractivity contribution in [3.63, 3.8) is 0 Å². The zero-order valence-corrected chi connectivity index (χ0v) is 19.2. The summed E-state index contributed by atoms with van der Waals surface area (Å²) in [7, 11) is 4.17. The number of aromatic nitrogens is 3. The predicted molar refractivity (Wildman–Crippen MR) is 130 cm³/mol. The molecule has 5 nitrogen and oxygen atoms in total. The summed E-state index contributed by atoms with van der Waals surface area (Å²) in [6.07, 6.45) is 7.05. The maximum atomic E-state index is 4.69. The molecule has 2 aromatic heterocycles. The minimum atomic E-state index is 0.198. The normalized spacial score (nSPS) is 12.4. The average Bonchev–Trinajstić information content (AvgIpc) is 3.21. The number of H-pyrrole nitrogens is 2. The molecule has 0 aliphatic heterocycles. The highest BCUT2D eigenvalue weighted by Gasteiger charge is 2.15. The molecule has 0 aliphatic carbocycles. The summed E-state index contributed by atoms with van der Waals surface area (Å²) in [6, 6.07) is 8.26. The molecule has 0 fully saturated rings. The van der Waals surface area contributed by atoms with Crippen molar-refractivity contribution in [1.29, 1.82) is 0 Å². The van der Waals surface area contributed by atoms with E-state index in [1.165, 1.54) is 18.4 Å². The van der Waals surface area contributed by atoms with Crippen molar-refractivity contribution in [2.24, 2.45) is 4.99 Å². The smallest absolute Gasteiger partial charge is 0.173 e. The lowest BCUT2D eigenvalue weighted by Crippen LogP contribution is -2.11. The van der Waals surface area contributed by atoms with Crippen LogP contribution in [0.5, 0.6) is 0 Å². The van der Waals surface area contributed by atoms with Gasteiger partial charge in [0.2, 0.25) is 0 Å². The van der Waals surface area contributed by atoms with Gasteiger partial charge < -0.3 is 14.9 Å². The highest BCUT2D eigenvalue weighted by molar-refractivity contribution is 8.00. The van der Waals surface area contributed by atoms with Crippen LogP contribution in [-0.4, -0.2) is 58.2 Å². The van der Waals surface area contributed by atoms with Gasteiger partial charge in [-0.3, -0.25) is 0 Å². The Morgan fingerprint density at radius 1 is 1.21 bits per heavy atom. The molecule has 29 heavy (non-hydrogen) atoms. The van der Waals surface area contributed by atoms with Crippen LogP contribution in [0.4, 0.5) is 5.82 Å². The molecule has 0 bridgehead atoms. The Labute approximate surface area is 178 Å². The molecule has 0 saturated carbocycles. The Morgan fingerprint density at radius 2 is 1.93 bits per heavy atom. The van der Waals surface area contributed by atoms with Crippen LogP contribution in [0, 0.1) is 13.8 Å². The number of fused-ring (bicyclic) bond motifs is 1. The maximum Gasteiger partial charge on any atom is 0.173 e. The molecule has 1 unspecified atom stereocenters. The lowest BCUT2D eigenvalue weighted by Gasteiger charge is -2.03. The Kier molecular flexibility index (Phi) is 8.73. The van der Waals surface area contributed by atoms with Crippen molar-refractivity contribution in [2.45, 2.75) is 32.4 Å². The number of rotatable bonds is 7. The van der Waals surface area contributed by atoms with Gasteiger partial charge in [0.25, 0.3) is 0 Å². The van der Waals surface area contributed by atoms with Crippen molar-refractivity contribution >= 4 is 34.7 Å². The van der Waals surface area contributed by atoms with Gasteiger partial charge in [-0.05, 0) is 53.2 Å². The number of nitrogens with one attached hydrogen (secondary N) is 2. The van der Waals surface area contributed by atoms with Crippen molar-refractivity contribution < 1.29 is 0 Å². The van der Waals surface area contributed by atoms with Crippen LogP contribution < -0.4 is 0 Å². The van der Waals surface area contributed by atoms with Crippen LogP contribution in [0.2, 0.25) is 0 Å². The van der Waals surface area contributed by atoms with Gasteiger partial charge in [-0.15, -0.1) is 6.58 Å². The molecular formula is C23H33N5S. The number of hydrogen-bond donors (Lipinski definition) is 2. The lowest BCUT2D eigenvalue weighted by molar-refractivity contribution is 0.408. The van der Waals surface area contributed by atoms with Gasteiger partial charge in [0, 0.05) is 28.4 Å². The van der Waals surface area contributed by atoms with Gasteiger partial charge in [-0.1, -0.05) is 31.2 Å². The molecular weight excluding hydrogens is 378 g/mol. The van der Waals surface area contributed by atoms with Crippen molar-refractivity contribution in [3.8, 4) is 11.4 Å². The van der Waals surface area contributed by atoms with E-state index in [0.29, 0.717) is 0 Å². The fourth-order valence-electron chi connectivity index (χ4n) is 3.09. The van der Waals surface area contributed by atoms with Crippen LogP contribution >= 0.6 is 11.8 Å². The van der Waals surface area contributed by atoms with E-state index in [9.17, 15) is 0 Å². The van der Waals surface area contributed by atoms with Gasteiger partial charge in [0.05, 0.1) is 10.9 Å². The van der Waals surface area contributed by atoms with Gasteiger partial charge >= 0.3 is 0 Å². The summed E-state index contributed by atoms with van der Waals surface area (Å²) in [5, 5.41) is 1.37. The maximum absolute atomic E-state index is 4.69. The van der Waals surface area contributed by atoms with E-state index in [1.807, 2.05) is 37.6 Å². The molecule has 2 N–H and O–H groups in total. The van der Waals surface area contributed by atoms with E-state index in [1.54, 1.807) is 11.8 Å². The SMILES string of the molecule is C=CC(C=Nc1nc(-c2c(C)[nH]c3ccccc23)[nH]c1C)SC.CCCN(C)C. The van der Waals surface area contributed by atoms with E-state index in [0.717, 1.165) is 34.1 Å². The second kappa shape index (κ2) is 11.0. The fourth-order valence-corrected chi connectivity index (χ4v) is 3.46. The highest BCUT2D eigenvalue weighted by atomic mass is 32.2. The molecule has 2 heterocycles. The average molecular weight is 412 g/mol. The molecule has 3 aromatic rings. The number of para-hydroxylation sites is 1. The zero-order valence-electron chi connectivity index (χ0n) is 18.4. The zero-order chi connectivity index (χ0) is 21.4. The molecule has 0 radical (unpaired) electrons. The van der Waals surface area contributed by atoms with Crippen LogP contribution in [0.1, 0.15) is 24.7 Å². The summed E-state index contributed by atoms with van der Waals surface area (Å²) in [5.41, 5.74) is 4.29. The summed E-state index contributed by atoms with van der Waals surface area (Å²) in [4.78, 5) is 18.2. The van der Waals surface area contributed by atoms with Crippen molar-refractivity contribution in [1.82, 2.24) is 19.9 Å². The van der Waals surface area contributed by atoms with E-state index < -0.39 is 0 Å². The van der Waals surface area contributed by atoms with Gasteiger partial charge in [-0.25, -0.2) is 9.98 Å². The van der Waals surface area contributed by atoms with Gasteiger partial charge in [-0.2, -0.15) is 11.8 Å². The van der Waals surface area contributed by atoms with Crippen LogP contribution in [-0.2, 0) is 0 Å². The quantitative estimate of drug-likeness (QED) is 0.384. The number of benzene rings is 1. The molecule has 1 atom stereocenters. The summed E-state index contributed by atoms with van der Waals surface area (Å²) < 4.78 is 0. The first kappa shape index (κ1) is 23.0. The number of aliphatic imine (C=N–C) groups is 1. The minimum Gasteiger partial charge on any atom is -0.358 e. The number of imidazole rings is 1. The number of aromatic amines is 2. The van der Waals surface area contributed by atoms with E-state index in [-0.39, 0.29) is 5.25 Å². The third-order valence-corrected chi connectivity index (χ3v) is 5.37. The molecule has 0 aliphatic rings. The number of aryl methyl sites for hydroxylation is 2. The van der Waals surface area contributed by atoms with E-state index in [4.69, 9.17) is 0 Å². The Balaban J connectivity index is 0.000000438. The van der Waals surface area contributed by atoms with Gasteiger partial charge in [0.1, 0.15) is 5.82 Å². The standard InChI is InChI=1S/C18H20N4S.C5H13N/c1-5-13(23-4)10-19-17-12(3)21-18(22-17)16-11(2)20-15-9-7-6-8-14(15)16;1-4-5-6(2)3/h5-10,13,20H,1H2,2-4H3,(H,21,22);4-5H2,1-3H3. The monoisotopic (exact) mass is 411 g/mol. The highest BCUT2D eigenvalue weighted by Crippen LogP contribution is 2.32. The fraction of sp³-hybridized carbons (Fsp3) is 0.391. The summed E-state index contributed by atoms with van der Waals surface area (Å²) in [5.74, 6) is 1.58. The molecule has 6 heteroatoms. The lowest BCUT2D eigenvalue weighted by atomic mass is 10.1. The Bertz CT molecular complexity index is 951.